The molecular weight excluding hydrogens is 379 g/mol. The number of hydrogen-bond donors (Lipinski definition) is 1. The molecular formula is C25H27FN2O2. The molecule has 5 heteroatoms. The van der Waals surface area contributed by atoms with Crippen molar-refractivity contribution < 1.29 is 13.9 Å². The molecule has 3 aromatic rings. The molecule has 2 aliphatic rings. The quantitative estimate of drug-likeness (QED) is 0.669. The van der Waals surface area contributed by atoms with Gasteiger partial charge in [0.15, 0.2) is 0 Å². The first-order valence-corrected chi connectivity index (χ1v) is 10.9. The number of benzene rings is 2. The zero-order chi connectivity index (χ0) is 20.6. The number of nitrogens with zero attached hydrogens (tertiary/aromatic N) is 1. The van der Waals surface area contributed by atoms with Gasteiger partial charge in [-0.25, -0.2) is 4.39 Å². The third kappa shape index (κ3) is 3.86. The SMILES string of the molecule is O=C(c1ccc2cc[nH]c2c1)N1CCC2(CC1)C[C@@H](Cc1ccc(F)cc1)CCO2. The fourth-order valence-electron chi connectivity index (χ4n) is 5.09. The Labute approximate surface area is 176 Å². The van der Waals surface area contributed by atoms with E-state index in [0.29, 0.717) is 5.92 Å². The van der Waals surface area contributed by atoms with Crippen molar-refractivity contribution in [3.8, 4) is 0 Å². The van der Waals surface area contributed by atoms with Crippen LogP contribution in [0.3, 0.4) is 0 Å². The van der Waals surface area contributed by atoms with Crippen LogP contribution < -0.4 is 0 Å². The van der Waals surface area contributed by atoms with E-state index in [0.717, 1.165) is 68.3 Å². The molecule has 0 bridgehead atoms. The normalized spacial score (nSPS) is 21.2. The number of H-pyrrole nitrogens is 1. The maximum absolute atomic E-state index is 13.2. The van der Waals surface area contributed by atoms with Crippen LogP contribution in [0, 0.1) is 11.7 Å². The number of nitrogens with one attached hydrogen (secondary N) is 1. The molecule has 2 fully saturated rings. The van der Waals surface area contributed by atoms with Crippen LogP contribution in [0.15, 0.2) is 54.7 Å². The van der Waals surface area contributed by atoms with Crippen LogP contribution in [0.2, 0.25) is 0 Å². The van der Waals surface area contributed by atoms with Gasteiger partial charge >= 0.3 is 0 Å². The number of likely N-dealkylation sites (tertiary alicyclic amines) is 1. The molecule has 1 aromatic heterocycles. The average Bonchev–Trinajstić information content (AvgIpc) is 3.24. The van der Waals surface area contributed by atoms with Gasteiger partial charge in [-0.3, -0.25) is 4.79 Å². The van der Waals surface area contributed by atoms with Gasteiger partial charge in [0.1, 0.15) is 5.82 Å². The van der Waals surface area contributed by atoms with Gasteiger partial charge in [-0.1, -0.05) is 18.2 Å². The van der Waals surface area contributed by atoms with E-state index >= 15 is 0 Å². The number of ether oxygens (including phenoxy) is 1. The topological polar surface area (TPSA) is 45.3 Å². The highest BCUT2D eigenvalue weighted by Gasteiger charge is 2.41. The van der Waals surface area contributed by atoms with Crippen molar-refractivity contribution in [2.24, 2.45) is 5.92 Å². The summed E-state index contributed by atoms with van der Waals surface area (Å²) in [6.07, 6.45) is 6.67. The summed E-state index contributed by atoms with van der Waals surface area (Å²) in [6, 6.07) is 14.7. The van der Waals surface area contributed by atoms with Crippen LogP contribution in [0.4, 0.5) is 4.39 Å². The Balaban J connectivity index is 1.21. The molecule has 1 atom stereocenters. The van der Waals surface area contributed by atoms with E-state index in [-0.39, 0.29) is 17.3 Å². The van der Waals surface area contributed by atoms with Gasteiger partial charge in [-0.2, -0.15) is 0 Å². The van der Waals surface area contributed by atoms with Crippen LogP contribution in [0.1, 0.15) is 41.6 Å². The Hall–Kier alpha value is -2.66. The number of aromatic amines is 1. The number of hydrogen-bond acceptors (Lipinski definition) is 2. The summed E-state index contributed by atoms with van der Waals surface area (Å²) >= 11 is 0. The van der Waals surface area contributed by atoms with Gasteiger partial charge in [0, 0.05) is 37.0 Å². The number of piperidine rings is 1. The minimum Gasteiger partial charge on any atom is -0.375 e. The lowest BCUT2D eigenvalue weighted by molar-refractivity contribution is -0.123. The fourth-order valence-corrected chi connectivity index (χ4v) is 5.09. The monoisotopic (exact) mass is 406 g/mol. The van der Waals surface area contributed by atoms with Crippen LogP contribution in [-0.2, 0) is 11.2 Å². The van der Waals surface area contributed by atoms with Crippen molar-refractivity contribution in [2.75, 3.05) is 19.7 Å². The second-order valence-corrected chi connectivity index (χ2v) is 8.79. The van der Waals surface area contributed by atoms with Gasteiger partial charge in [-0.05, 0) is 79.3 Å². The third-order valence-corrected chi connectivity index (χ3v) is 6.80. The van der Waals surface area contributed by atoms with Gasteiger partial charge in [0.25, 0.3) is 5.91 Å². The van der Waals surface area contributed by atoms with E-state index in [1.54, 1.807) is 12.1 Å². The van der Waals surface area contributed by atoms with E-state index in [1.807, 2.05) is 47.5 Å². The van der Waals surface area contributed by atoms with Crippen LogP contribution in [0.25, 0.3) is 10.9 Å². The molecule has 5 rings (SSSR count). The van der Waals surface area contributed by atoms with E-state index < -0.39 is 0 Å². The molecule has 1 spiro atoms. The second-order valence-electron chi connectivity index (χ2n) is 8.79. The van der Waals surface area contributed by atoms with Crippen molar-refractivity contribution in [1.82, 2.24) is 9.88 Å². The maximum atomic E-state index is 13.2. The van der Waals surface area contributed by atoms with E-state index in [9.17, 15) is 9.18 Å². The lowest BCUT2D eigenvalue weighted by Gasteiger charge is -2.46. The van der Waals surface area contributed by atoms with Gasteiger partial charge in [0.2, 0.25) is 0 Å². The number of fused-ring (bicyclic) bond motifs is 1. The van der Waals surface area contributed by atoms with Gasteiger partial charge in [0.05, 0.1) is 5.60 Å². The summed E-state index contributed by atoms with van der Waals surface area (Å²) in [6.45, 7) is 2.22. The van der Waals surface area contributed by atoms with Crippen molar-refractivity contribution >= 4 is 16.8 Å². The highest BCUT2D eigenvalue weighted by molar-refractivity contribution is 5.98. The molecule has 0 radical (unpaired) electrons. The molecule has 0 aliphatic carbocycles. The second kappa shape index (κ2) is 7.88. The Morgan fingerprint density at radius 1 is 1.13 bits per heavy atom. The number of carbonyl (C=O) groups is 1. The lowest BCUT2D eigenvalue weighted by atomic mass is 9.77. The zero-order valence-corrected chi connectivity index (χ0v) is 17.1. The van der Waals surface area contributed by atoms with Crippen LogP contribution in [0.5, 0.6) is 0 Å². The molecule has 1 amide bonds. The third-order valence-electron chi connectivity index (χ3n) is 6.80. The average molecular weight is 407 g/mol. The number of halogens is 1. The van der Waals surface area contributed by atoms with Crippen molar-refractivity contribution in [3.63, 3.8) is 0 Å². The molecule has 30 heavy (non-hydrogen) atoms. The largest absolute Gasteiger partial charge is 0.375 e. The first-order chi connectivity index (χ1) is 14.6. The highest BCUT2D eigenvalue weighted by Crippen LogP contribution is 2.39. The van der Waals surface area contributed by atoms with Gasteiger partial charge < -0.3 is 14.6 Å². The Bertz CT molecular complexity index is 1030. The lowest BCUT2D eigenvalue weighted by Crippen LogP contribution is -2.51. The molecule has 2 aliphatic heterocycles. The van der Waals surface area contributed by atoms with Crippen molar-refractivity contribution in [1.29, 1.82) is 0 Å². The smallest absolute Gasteiger partial charge is 0.253 e. The van der Waals surface area contributed by atoms with Crippen LogP contribution in [-0.4, -0.2) is 41.1 Å². The molecule has 0 unspecified atom stereocenters. The summed E-state index contributed by atoms with van der Waals surface area (Å²) in [7, 11) is 0. The molecule has 2 aromatic carbocycles. The molecule has 0 saturated carbocycles. The van der Waals surface area contributed by atoms with E-state index in [2.05, 4.69) is 4.98 Å². The molecule has 4 nitrogen and oxygen atoms in total. The predicted molar refractivity (Wildman–Crippen MR) is 115 cm³/mol. The first kappa shape index (κ1) is 19.3. The maximum Gasteiger partial charge on any atom is 0.253 e. The van der Waals surface area contributed by atoms with Gasteiger partial charge in [-0.15, -0.1) is 0 Å². The minimum atomic E-state index is -0.186. The van der Waals surface area contributed by atoms with E-state index in [4.69, 9.17) is 4.74 Å². The fraction of sp³-hybridized carbons (Fsp3) is 0.400. The number of rotatable bonds is 3. The van der Waals surface area contributed by atoms with Crippen molar-refractivity contribution in [2.45, 2.75) is 37.7 Å². The summed E-state index contributed by atoms with van der Waals surface area (Å²) < 4.78 is 19.5. The molecule has 1 N–H and O–H groups in total. The van der Waals surface area contributed by atoms with Crippen LogP contribution >= 0.6 is 0 Å². The molecule has 2 saturated heterocycles. The van der Waals surface area contributed by atoms with E-state index in [1.165, 1.54) is 5.56 Å². The summed E-state index contributed by atoms with van der Waals surface area (Å²) in [5.74, 6) is 0.455. The number of amides is 1. The Morgan fingerprint density at radius 3 is 2.73 bits per heavy atom. The summed E-state index contributed by atoms with van der Waals surface area (Å²) in [5.41, 5.74) is 2.79. The van der Waals surface area contributed by atoms with Crippen molar-refractivity contribution in [3.05, 3.63) is 71.7 Å². The minimum absolute atomic E-state index is 0.0972. The summed E-state index contributed by atoms with van der Waals surface area (Å²) in [5, 5.41) is 1.12. The number of aromatic nitrogens is 1. The molecule has 156 valence electrons. The number of carbonyl (C=O) groups excluding carboxylic acids is 1. The zero-order valence-electron chi connectivity index (χ0n) is 17.1. The summed E-state index contributed by atoms with van der Waals surface area (Å²) in [4.78, 5) is 18.2. The Morgan fingerprint density at radius 2 is 1.93 bits per heavy atom. The first-order valence-electron chi connectivity index (χ1n) is 10.9. The highest BCUT2D eigenvalue weighted by atomic mass is 19.1. The predicted octanol–water partition coefficient (Wildman–Crippen LogP) is 4.95. The Kier molecular flexibility index (Phi) is 5.07. The molecule has 3 heterocycles. The standard InChI is InChI=1S/C25H27FN2O2/c26-22-5-1-18(2-6-22)15-19-8-14-30-25(17-19)9-12-28(13-10-25)24(29)21-4-3-20-7-11-27-23(20)16-21/h1-7,11,16,19,27H,8-10,12-15,17H2/t19-/m1/s1.